The molecule has 2 fully saturated rings. The van der Waals surface area contributed by atoms with Crippen LogP contribution < -0.4 is 0 Å². The first-order valence-corrected chi connectivity index (χ1v) is 15.1. The lowest BCUT2D eigenvalue weighted by atomic mass is 9.59. The second kappa shape index (κ2) is 12.8. The molecule has 2 aliphatic rings. The summed E-state index contributed by atoms with van der Waals surface area (Å²) in [6, 6.07) is 0. The van der Waals surface area contributed by atoms with Gasteiger partial charge >= 0.3 is 0 Å². The lowest BCUT2D eigenvalue weighted by Gasteiger charge is -2.50. The first kappa shape index (κ1) is 29.2. The summed E-state index contributed by atoms with van der Waals surface area (Å²) in [5.41, 5.74) is -1.14. The summed E-state index contributed by atoms with van der Waals surface area (Å²) in [6.45, 7) is 16.4. The maximum atomic E-state index is 12.6. The van der Waals surface area contributed by atoms with Crippen LogP contribution in [-0.2, 0) is 8.98 Å². The molecule has 194 valence electrons. The van der Waals surface area contributed by atoms with E-state index >= 15 is 0 Å². The average molecular weight is 483 g/mol. The van der Waals surface area contributed by atoms with Crippen molar-refractivity contribution < 1.29 is 14.1 Å². The first-order valence-electron chi connectivity index (χ1n) is 13.9. The number of carbonyl (C=O) groups is 1. The molecule has 0 bridgehead atoms. The van der Waals surface area contributed by atoms with Crippen LogP contribution >= 0.6 is 12.0 Å². The minimum absolute atomic E-state index is 0.0447. The van der Waals surface area contributed by atoms with Gasteiger partial charge in [-0.3, -0.25) is 0 Å². The normalized spacial score (nSPS) is 37.0. The summed E-state index contributed by atoms with van der Waals surface area (Å²) in [7, 11) is 0. The standard InChI is InChI=1S/C29H54O3S/c1-9-10-11-25-27(23(6)15-14-22(5)21(4)13-12-20(2)3)26(19-30)29(31)18-24(32-33-8)16-17-28(25,29)7/h19-27,31H,9-18H2,1-8H3/t21-,22-,23?,24+,25?,26?,27?,28-,29-/m1/s1. The van der Waals surface area contributed by atoms with Crippen molar-refractivity contribution in [3.8, 4) is 0 Å². The number of fused-ring (bicyclic) bond motifs is 1. The molecular weight excluding hydrogens is 428 g/mol. The smallest absolute Gasteiger partial charge is 0.126 e. The van der Waals surface area contributed by atoms with Gasteiger partial charge in [0.1, 0.15) is 6.29 Å². The molecule has 0 saturated heterocycles. The Labute approximate surface area is 209 Å². The van der Waals surface area contributed by atoms with Crippen LogP contribution in [0.5, 0.6) is 0 Å². The van der Waals surface area contributed by atoms with Crippen LogP contribution in [-0.4, -0.2) is 29.4 Å². The van der Waals surface area contributed by atoms with Crippen molar-refractivity contribution in [2.45, 2.75) is 124 Å². The van der Waals surface area contributed by atoms with Crippen molar-refractivity contribution in [3.63, 3.8) is 0 Å². The minimum Gasteiger partial charge on any atom is -0.388 e. The Morgan fingerprint density at radius 2 is 1.73 bits per heavy atom. The van der Waals surface area contributed by atoms with E-state index in [0.29, 0.717) is 24.2 Å². The van der Waals surface area contributed by atoms with Crippen molar-refractivity contribution in [1.29, 1.82) is 0 Å². The molecule has 0 radical (unpaired) electrons. The molecule has 9 atom stereocenters. The number of rotatable bonds is 14. The lowest BCUT2D eigenvalue weighted by Crippen LogP contribution is -2.54. The van der Waals surface area contributed by atoms with E-state index in [1.54, 1.807) is 0 Å². The van der Waals surface area contributed by atoms with Gasteiger partial charge in [-0.1, -0.05) is 87.0 Å². The monoisotopic (exact) mass is 482 g/mol. The van der Waals surface area contributed by atoms with Crippen molar-refractivity contribution in [2.75, 3.05) is 6.26 Å². The zero-order valence-electron chi connectivity index (χ0n) is 22.9. The first-order chi connectivity index (χ1) is 15.6. The molecule has 2 saturated carbocycles. The molecule has 0 heterocycles. The van der Waals surface area contributed by atoms with Crippen LogP contribution in [0.2, 0.25) is 0 Å². The zero-order valence-corrected chi connectivity index (χ0v) is 23.8. The van der Waals surface area contributed by atoms with Crippen LogP contribution in [0.25, 0.3) is 0 Å². The molecule has 1 N–H and O–H groups in total. The van der Waals surface area contributed by atoms with E-state index in [2.05, 4.69) is 48.5 Å². The van der Waals surface area contributed by atoms with Crippen LogP contribution in [0.4, 0.5) is 0 Å². The molecule has 2 rings (SSSR count). The van der Waals surface area contributed by atoms with Crippen molar-refractivity contribution in [1.82, 2.24) is 0 Å². The largest absolute Gasteiger partial charge is 0.388 e. The highest BCUT2D eigenvalue weighted by atomic mass is 32.2. The van der Waals surface area contributed by atoms with Gasteiger partial charge in [0.15, 0.2) is 0 Å². The summed E-state index contributed by atoms with van der Waals surface area (Å²) in [6.07, 6.45) is 14.1. The Kier molecular flexibility index (Phi) is 11.3. The van der Waals surface area contributed by atoms with E-state index in [1.165, 1.54) is 44.1 Å². The van der Waals surface area contributed by atoms with Crippen molar-refractivity contribution >= 4 is 18.3 Å². The molecule has 0 spiro atoms. The topological polar surface area (TPSA) is 46.5 Å². The molecule has 4 unspecified atom stereocenters. The summed E-state index contributed by atoms with van der Waals surface area (Å²) >= 11 is 1.39. The van der Waals surface area contributed by atoms with Crippen LogP contribution in [0.15, 0.2) is 0 Å². The molecule has 2 aliphatic carbocycles. The number of carbonyl (C=O) groups excluding carboxylic acids is 1. The van der Waals surface area contributed by atoms with Gasteiger partial charge in [-0.25, -0.2) is 0 Å². The summed E-state index contributed by atoms with van der Waals surface area (Å²) in [5.74, 6) is 3.08. The van der Waals surface area contributed by atoms with Gasteiger partial charge in [-0.2, -0.15) is 0 Å². The van der Waals surface area contributed by atoms with Crippen molar-refractivity contribution in [3.05, 3.63) is 0 Å². The third-order valence-electron chi connectivity index (χ3n) is 9.92. The minimum atomic E-state index is -0.944. The number of unbranched alkanes of at least 4 members (excludes halogenated alkanes) is 1. The van der Waals surface area contributed by atoms with E-state index in [0.717, 1.165) is 43.8 Å². The summed E-state index contributed by atoms with van der Waals surface area (Å²) < 4.78 is 5.89. The molecule has 3 nitrogen and oxygen atoms in total. The van der Waals surface area contributed by atoms with Gasteiger partial charge in [0, 0.05) is 24.0 Å². The fourth-order valence-corrected chi connectivity index (χ4v) is 7.80. The summed E-state index contributed by atoms with van der Waals surface area (Å²) in [5, 5.41) is 12.2. The van der Waals surface area contributed by atoms with Crippen molar-refractivity contribution in [2.24, 2.45) is 46.8 Å². The Hall–Kier alpha value is -0.0600. The zero-order chi connectivity index (χ0) is 24.8. The lowest BCUT2D eigenvalue weighted by molar-refractivity contribution is -0.152. The van der Waals surface area contributed by atoms with Gasteiger partial charge in [-0.15, -0.1) is 0 Å². The fourth-order valence-electron chi connectivity index (χ4n) is 7.37. The molecule has 0 aliphatic heterocycles. The third kappa shape index (κ3) is 6.39. The highest BCUT2D eigenvalue weighted by Crippen LogP contribution is 2.65. The SMILES string of the molecule is CCCCC1C(C(C)CC[C@@H](C)[C@H](C)CCC(C)C)C(C=O)[C@]2(O)C[C@@H](OSC)CC[C@]12C. The predicted molar refractivity (Wildman–Crippen MR) is 142 cm³/mol. The van der Waals surface area contributed by atoms with E-state index in [4.69, 9.17) is 4.18 Å². The van der Waals surface area contributed by atoms with E-state index < -0.39 is 5.60 Å². The number of hydrogen-bond acceptors (Lipinski definition) is 4. The predicted octanol–water partition coefficient (Wildman–Crippen LogP) is 7.95. The highest BCUT2D eigenvalue weighted by molar-refractivity contribution is 7.93. The molecule has 0 amide bonds. The quantitative estimate of drug-likeness (QED) is 0.201. The van der Waals surface area contributed by atoms with Gasteiger partial charge in [0.05, 0.1) is 11.7 Å². The van der Waals surface area contributed by atoms with Crippen LogP contribution in [0.3, 0.4) is 0 Å². The highest BCUT2D eigenvalue weighted by Gasteiger charge is 2.68. The maximum Gasteiger partial charge on any atom is 0.126 e. The molecular formula is C29H54O3S. The fraction of sp³-hybridized carbons (Fsp3) is 0.966. The maximum absolute atomic E-state index is 12.6. The molecule has 33 heavy (non-hydrogen) atoms. The Morgan fingerprint density at radius 1 is 1.09 bits per heavy atom. The van der Waals surface area contributed by atoms with E-state index in [-0.39, 0.29) is 23.4 Å². The van der Waals surface area contributed by atoms with Gasteiger partial charge in [-0.05, 0) is 66.8 Å². The van der Waals surface area contributed by atoms with Crippen LogP contribution in [0, 0.1) is 46.8 Å². The third-order valence-corrected chi connectivity index (χ3v) is 10.4. The molecule has 0 aromatic heterocycles. The number of aliphatic hydroxyl groups is 1. The summed E-state index contributed by atoms with van der Waals surface area (Å²) in [4.78, 5) is 12.6. The average Bonchev–Trinajstić information content (AvgIpc) is 2.97. The van der Waals surface area contributed by atoms with E-state index in [1.807, 2.05) is 6.26 Å². The molecule has 0 aromatic rings. The van der Waals surface area contributed by atoms with Gasteiger partial charge in [0.2, 0.25) is 0 Å². The molecule has 4 heteroatoms. The second-order valence-corrected chi connectivity index (χ2v) is 13.0. The van der Waals surface area contributed by atoms with E-state index in [9.17, 15) is 9.90 Å². The molecule has 0 aromatic carbocycles. The van der Waals surface area contributed by atoms with Gasteiger partial charge in [0.25, 0.3) is 0 Å². The Bertz CT molecular complexity index is 595. The second-order valence-electron chi connectivity index (χ2n) is 12.4. The Morgan fingerprint density at radius 3 is 2.27 bits per heavy atom. The Balaban J connectivity index is 2.20. The number of hydrogen-bond donors (Lipinski definition) is 1. The van der Waals surface area contributed by atoms with Crippen LogP contribution in [0.1, 0.15) is 113 Å². The van der Waals surface area contributed by atoms with Gasteiger partial charge < -0.3 is 14.1 Å². The number of aldehydes is 1.